The Balaban J connectivity index is 1.81. The van der Waals surface area contributed by atoms with Crippen molar-refractivity contribution in [2.75, 3.05) is 51.7 Å². The van der Waals surface area contributed by atoms with Gasteiger partial charge in [0.2, 0.25) is 0 Å². The highest BCUT2D eigenvalue weighted by Gasteiger charge is 2.06. The molecule has 2 N–H and O–H groups in total. The Hall–Kier alpha value is -2.67. The van der Waals surface area contributed by atoms with Crippen LogP contribution in [-0.2, 0) is 0 Å². The van der Waals surface area contributed by atoms with Crippen LogP contribution in [0.1, 0.15) is 0 Å². The zero-order chi connectivity index (χ0) is 18.9. The molecule has 140 valence electrons. The molecule has 0 aliphatic rings. The molecular weight excluding hydrogens is 350 g/mol. The summed E-state index contributed by atoms with van der Waals surface area (Å²) in [6.07, 6.45) is 0. The van der Waals surface area contributed by atoms with E-state index in [1.165, 1.54) is 0 Å². The van der Waals surface area contributed by atoms with Gasteiger partial charge >= 0.3 is 0 Å². The lowest BCUT2D eigenvalue weighted by Crippen LogP contribution is -2.35. The number of hydrogen-bond acceptors (Lipinski definition) is 5. The molecule has 2 aromatic carbocycles. The van der Waals surface area contributed by atoms with Gasteiger partial charge in [0.25, 0.3) is 0 Å². The van der Waals surface area contributed by atoms with Crippen LogP contribution in [0.15, 0.2) is 42.5 Å². The zero-order valence-corrected chi connectivity index (χ0v) is 16.4. The maximum Gasteiger partial charge on any atom is 0.170 e. The maximum atomic E-state index is 5.35. The van der Waals surface area contributed by atoms with Gasteiger partial charge in [-0.25, -0.2) is 0 Å². The Morgan fingerprint density at radius 2 is 1.65 bits per heavy atom. The quantitative estimate of drug-likeness (QED) is 0.688. The first-order valence-corrected chi connectivity index (χ1v) is 8.60. The van der Waals surface area contributed by atoms with Crippen molar-refractivity contribution in [3.63, 3.8) is 0 Å². The molecule has 0 heterocycles. The first-order chi connectivity index (χ1) is 12.6. The van der Waals surface area contributed by atoms with Crippen LogP contribution in [-0.4, -0.2) is 46.6 Å². The lowest BCUT2D eigenvalue weighted by atomic mass is 10.3. The van der Waals surface area contributed by atoms with Gasteiger partial charge in [0.15, 0.2) is 16.6 Å². The van der Waals surface area contributed by atoms with Crippen LogP contribution < -0.4 is 29.7 Å². The molecule has 0 fully saturated rings. The summed E-state index contributed by atoms with van der Waals surface area (Å²) in [5, 5.41) is 6.90. The van der Waals surface area contributed by atoms with E-state index >= 15 is 0 Å². The topological polar surface area (TPSA) is 55.0 Å². The average Bonchev–Trinajstić information content (AvgIpc) is 2.67. The maximum absolute atomic E-state index is 5.35. The minimum Gasteiger partial charge on any atom is -0.497 e. The summed E-state index contributed by atoms with van der Waals surface area (Å²) in [6, 6.07) is 13.5. The van der Waals surface area contributed by atoms with Crippen molar-refractivity contribution in [2.24, 2.45) is 0 Å². The summed E-state index contributed by atoms with van der Waals surface area (Å²) in [5.74, 6) is 2.18. The molecule has 0 amide bonds. The first-order valence-electron chi connectivity index (χ1n) is 8.19. The zero-order valence-electron chi connectivity index (χ0n) is 15.5. The molecule has 0 aliphatic heterocycles. The van der Waals surface area contributed by atoms with Crippen LogP contribution in [0.5, 0.6) is 17.2 Å². The largest absolute Gasteiger partial charge is 0.497 e. The number of nitrogens with one attached hydrogen (secondary N) is 2. The Morgan fingerprint density at radius 1 is 0.962 bits per heavy atom. The minimum atomic E-state index is 0.556. The predicted molar refractivity (Wildman–Crippen MR) is 110 cm³/mol. The van der Waals surface area contributed by atoms with Gasteiger partial charge in [0, 0.05) is 37.6 Å². The van der Waals surface area contributed by atoms with Gasteiger partial charge in [-0.05, 0) is 48.6 Å². The average molecular weight is 375 g/mol. The molecule has 0 radical (unpaired) electrons. The van der Waals surface area contributed by atoms with Gasteiger partial charge in [0.1, 0.15) is 5.75 Å². The number of likely N-dealkylation sites (N-methyl/N-ethyl adjacent to an activating group) is 1. The van der Waals surface area contributed by atoms with E-state index in [9.17, 15) is 0 Å². The number of anilines is 2. The SMILES string of the molecule is COc1ccc(N(C)CCNC(=S)Nc2ccc(OC)c(OC)c2)cc1. The summed E-state index contributed by atoms with van der Waals surface area (Å²) >= 11 is 5.35. The third-order valence-electron chi connectivity index (χ3n) is 3.89. The molecular formula is C19H25N3O3S. The fraction of sp³-hybridized carbons (Fsp3) is 0.316. The summed E-state index contributed by atoms with van der Waals surface area (Å²) in [6.45, 7) is 1.52. The van der Waals surface area contributed by atoms with Crippen molar-refractivity contribution in [3.8, 4) is 17.2 Å². The Labute approximate surface area is 160 Å². The van der Waals surface area contributed by atoms with E-state index in [0.29, 0.717) is 23.2 Å². The predicted octanol–water partition coefficient (Wildman–Crippen LogP) is 3.14. The summed E-state index contributed by atoms with van der Waals surface area (Å²) < 4.78 is 15.7. The van der Waals surface area contributed by atoms with E-state index in [4.69, 9.17) is 26.4 Å². The molecule has 7 heteroatoms. The number of rotatable bonds is 8. The number of benzene rings is 2. The number of ether oxygens (including phenoxy) is 3. The van der Waals surface area contributed by atoms with Crippen molar-refractivity contribution in [1.29, 1.82) is 0 Å². The Bertz CT molecular complexity index is 722. The van der Waals surface area contributed by atoms with E-state index in [-0.39, 0.29) is 0 Å². The summed E-state index contributed by atoms with van der Waals surface area (Å²) in [5.41, 5.74) is 1.95. The van der Waals surface area contributed by atoms with Crippen molar-refractivity contribution in [1.82, 2.24) is 5.32 Å². The van der Waals surface area contributed by atoms with Gasteiger partial charge < -0.3 is 29.7 Å². The molecule has 2 aromatic rings. The number of hydrogen-bond donors (Lipinski definition) is 2. The van der Waals surface area contributed by atoms with Crippen molar-refractivity contribution < 1.29 is 14.2 Å². The molecule has 0 aromatic heterocycles. The molecule has 0 saturated heterocycles. The van der Waals surface area contributed by atoms with Crippen molar-refractivity contribution >= 4 is 28.7 Å². The molecule has 0 atom stereocenters. The molecule has 6 nitrogen and oxygen atoms in total. The van der Waals surface area contributed by atoms with Crippen LogP contribution in [0.4, 0.5) is 11.4 Å². The van der Waals surface area contributed by atoms with E-state index in [1.54, 1.807) is 21.3 Å². The number of thiocarbonyl (C=S) groups is 1. The Morgan fingerprint density at radius 3 is 2.27 bits per heavy atom. The van der Waals surface area contributed by atoms with Gasteiger partial charge in [-0.1, -0.05) is 0 Å². The minimum absolute atomic E-state index is 0.556. The van der Waals surface area contributed by atoms with E-state index in [1.807, 2.05) is 49.5 Å². The van der Waals surface area contributed by atoms with E-state index in [2.05, 4.69) is 15.5 Å². The molecule has 0 spiro atoms. The van der Waals surface area contributed by atoms with Crippen LogP contribution in [0.25, 0.3) is 0 Å². The second-order valence-electron chi connectivity index (χ2n) is 5.57. The highest BCUT2D eigenvalue weighted by Crippen LogP contribution is 2.29. The monoisotopic (exact) mass is 375 g/mol. The molecule has 0 saturated carbocycles. The van der Waals surface area contributed by atoms with Gasteiger partial charge in [-0.2, -0.15) is 0 Å². The van der Waals surface area contributed by atoms with Gasteiger partial charge in [-0.15, -0.1) is 0 Å². The molecule has 26 heavy (non-hydrogen) atoms. The molecule has 0 aliphatic carbocycles. The third-order valence-corrected chi connectivity index (χ3v) is 4.13. The first kappa shape index (κ1) is 19.7. The fourth-order valence-electron chi connectivity index (χ4n) is 2.39. The van der Waals surface area contributed by atoms with Crippen LogP contribution in [0.3, 0.4) is 0 Å². The number of nitrogens with zero attached hydrogens (tertiary/aromatic N) is 1. The summed E-state index contributed by atoms with van der Waals surface area (Å²) in [4.78, 5) is 2.14. The standard InChI is InChI=1S/C19H25N3O3S/c1-22(15-6-8-16(23-2)9-7-15)12-11-20-19(26)21-14-5-10-17(24-3)18(13-14)25-4/h5-10,13H,11-12H2,1-4H3,(H2,20,21,26). The van der Waals surface area contributed by atoms with Crippen molar-refractivity contribution in [3.05, 3.63) is 42.5 Å². The van der Waals surface area contributed by atoms with Gasteiger partial charge in [-0.3, -0.25) is 0 Å². The highest BCUT2D eigenvalue weighted by atomic mass is 32.1. The molecule has 0 unspecified atom stereocenters. The smallest absolute Gasteiger partial charge is 0.170 e. The van der Waals surface area contributed by atoms with Crippen LogP contribution in [0.2, 0.25) is 0 Å². The molecule has 0 bridgehead atoms. The Kier molecular flexibility index (Phi) is 7.35. The van der Waals surface area contributed by atoms with E-state index < -0.39 is 0 Å². The highest BCUT2D eigenvalue weighted by molar-refractivity contribution is 7.80. The third kappa shape index (κ3) is 5.42. The normalized spacial score (nSPS) is 10.0. The van der Waals surface area contributed by atoms with Gasteiger partial charge in [0.05, 0.1) is 21.3 Å². The molecule has 2 rings (SSSR count). The van der Waals surface area contributed by atoms with E-state index in [0.717, 1.165) is 23.7 Å². The second kappa shape index (κ2) is 9.72. The summed E-state index contributed by atoms with van der Waals surface area (Å²) in [7, 11) is 6.91. The lowest BCUT2D eigenvalue weighted by Gasteiger charge is -2.20. The van der Waals surface area contributed by atoms with Crippen LogP contribution in [0, 0.1) is 0 Å². The second-order valence-corrected chi connectivity index (χ2v) is 5.98. The lowest BCUT2D eigenvalue weighted by molar-refractivity contribution is 0.355. The fourth-order valence-corrected chi connectivity index (χ4v) is 2.61. The number of methoxy groups -OCH3 is 3. The van der Waals surface area contributed by atoms with Crippen LogP contribution >= 0.6 is 12.2 Å². The van der Waals surface area contributed by atoms with Crippen molar-refractivity contribution in [2.45, 2.75) is 0 Å².